The summed E-state index contributed by atoms with van der Waals surface area (Å²) in [5.74, 6) is 0. The van der Waals surface area contributed by atoms with Crippen LogP contribution in [0.2, 0.25) is 0 Å². The predicted molar refractivity (Wildman–Crippen MR) is 68.9 cm³/mol. The van der Waals surface area contributed by atoms with E-state index in [-0.39, 0.29) is 0 Å². The van der Waals surface area contributed by atoms with Crippen LogP contribution in [0, 0.1) is 5.41 Å². The first-order valence-corrected chi connectivity index (χ1v) is 6.07. The van der Waals surface area contributed by atoms with Gasteiger partial charge in [0, 0.05) is 5.41 Å². The lowest BCUT2D eigenvalue weighted by atomic mass is 9.71. The monoisotopic (exact) mass is 204 g/mol. The summed E-state index contributed by atoms with van der Waals surface area (Å²) in [7, 11) is 0. The average molecular weight is 204 g/mol. The normalized spacial score (nSPS) is 29.7. The number of rotatable bonds is 2. The van der Waals surface area contributed by atoms with Crippen molar-refractivity contribution >= 4 is 0 Å². The second-order valence-corrected chi connectivity index (χ2v) is 5.04. The molecular weight excluding hydrogens is 180 g/mol. The molecule has 1 aliphatic carbocycles. The minimum Gasteiger partial charge on any atom is -0.0876 e. The Bertz CT molecular complexity index is 287. The molecule has 0 heterocycles. The summed E-state index contributed by atoms with van der Waals surface area (Å²) in [6.07, 6.45) is 14.4. The maximum atomic E-state index is 2.38. The molecule has 0 nitrogen and oxygen atoms in total. The molecule has 0 spiro atoms. The molecule has 1 unspecified atom stereocenters. The maximum absolute atomic E-state index is 2.38. The molecule has 0 aromatic heterocycles. The Labute approximate surface area is 94.8 Å². The third-order valence-electron chi connectivity index (χ3n) is 3.37. The Morgan fingerprint density at radius 1 is 1.27 bits per heavy atom. The topological polar surface area (TPSA) is 0 Å². The molecule has 84 valence electrons. The highest BCUT2D eigenvalue weighted by Gasteiger charge is 2.27. The molecule has 0 amide bonds. The second-order valence-electron chi connectivity index (χ2n) is 5.04. The molecule has 1 saturated carbocycles. The molecule has 0 heteroatoms. The van der Waals surface area contributed by atoms with E-state index in [1.54, 1.807) is 5.57 Å². The van der Waals surface area contributed by atoms with E-state index in [2.05, 4.69) is 52.0 Å². The van der Waals surface area contributed by atoms with Crippen LogP contribution in [-0.2, 0) is 0 Å². The van der Waals surface area contributed by atoms with Crippen molar-refractivity contribution in [2.24, 2.45) is 5.41 Å². The van der Waals surface area contributed by atoms with Crippen LogP contribution in [0.3, 0.4) is 0 Å². The van der Waals surface area contributed by atoms with E-state index < -0.39 is 0 Å². The quantitative estimate of drug-likeness (QED) is 0.437. The Balaban J connectivity index is 2.79. The molecule has 0 radical (unpaired) electrons. The molecule has 0 aromatic rings. The van der Waals surface area contributed by atoms with Crippen LogP contribution in [0.15, 0.2) is 35.5 Å². The van der Waals surface area contributed by atoms with Gasteiger partial charge in [0.15, 0.2) is 0 Å². The third kappa shape index (κ3) is 3.37. The van der Waals surface area contributed by atoms with Crippen LogP contribution < -0.4 is 0 Å². The van der Waals surface area contributed by atoms with E-state index >= 15 is 0 Å². The van der Waals surface area contributed by atoms with E-state index in [1.807, 2.05) is 0 Å². The van der Waals surface area contributed by atoms with Crippen LogP contribution in [0.4, 0.5) is 0 Å². The van der Waals surface area contributed by atoms with Crippen molar-refractivity contribution < 1.29 is 0 Å². The Morgan fingerprint density at radius 3 is 2.60 bits per heavy atom. The average Bonchev–Trinajstić information content (AvgIpc) is 2.17. The predicted octanol–water partition coefficient (Wildman–Crippen LogP) is 5.04. The van der Waals surface area contributed by atoms with Crippen LogP contribution in [0.5, 0.6) is 0 Å². The van der Waals surface area contributed by atoms with Gasteiger partial charge in [-0.2, -0.15) is 0 Å². The number of allylic oxidation sites excluding steroid dienone is 6. The fourth-order valence-electron chi connectivity index (χ4n) is 2.37. The zero-order chi connectivity index (χ0) is 11.3. The van der Waals surface area contributed by atoms with Crippen LogP contribution in [0.1, 0.15) is 53.4 Å². The standard InChI is InChI=1S/C15H24/c1-5-14-10-6-7-11-15(14,4)12-8-9-13(2)3/h5,8-9,12H,6-7,10-11H2,1-4H3. The van der Waals surface area contributed by atoms with Gasteiger partial charge in [-0.1, -0.05) is 48.8 Å². The van der Waals surface area contributed by atoms with Crippen molar-refractivity contribution in [1.82, 2.24) is 0 Å². The first kappa shape index (κ1) is 12.3. The van der Waals surface area contributed by atoms with Crippen molar-refractivity contribution in [2.75, 3.05) is 0 Å². The molecule has 0 aromatic carbocycles. The molecule has 0 aliphatic heterocycles. The third-order valence-corrected chi connectivity index (χ3v) is 3.37. The number of hydrogen-bond donors (Lipinski definition) is 0. The van der Waals surface area contributed by atoms with E-state index in [9.17, 15) is 0 Å². The van der Waals surface area contributed by atoms with Crippen LogP contribution >= 0.6 is 0 Å². The molecule has 1 rings (SSSR count). The zero-order valence-corrected chi connectivity index (χ0v) is 10.6. The zero-order valence-electron chi connectivity index (χ0n) is 10.6. The molecule has 15 heavy (non-hydrogen) atoms. The minimum atomic E-state index is 0.318. The van der Waals surface area contributed by atoms with E-state index in [4.69, 9.17) is 0 Å². The highest BCUT2D eigenvalue weighted by Crippen LogP contribution is 2.41. The molecule has 0 saturated heterocycles. The summed E-state index contributed by atoms with van der Waals surface area (Å²) in [5.41, 5.74) is 3.30. The van der Waals surface area contributed by atoms with Gasteiger partial charge in [-0.05, 0) is 40.0 Å². The van der Waals surface area contributed by atoms with Gasteiger partial charge in [0.1, 0.15) is 0 Å². The fraction of sp³-hybridized carbons (Fsp3) is 0.600. The van der Waals surface area contributed by atoms with Gasteiger partial charge < -0.3 is 0 Å². The summed E-state index contributed by atoms with van der Waals surface area (Å²) in [4.78, 5) is 0. The van der Waals surface area contributed by atoms with E-state index in [0.717, 1.165) is 0 Å². The highest BCUT2D eigenvalue weighted by atomic mass is 14.3. The molecule has 0 N–H and O–H groups in total. The summed E-state index contributed by atoms with van der Waals surface area (Å²) in [6, 6.07) is 0. The van der Waals surface area contributed by atoms with Gasteiger partial charge in [-0.3, -0.25) is 0 Å². The van der Waals surface area contributed by atoms with Gasteiger partial charge in [0.05, 0.1) is 0 Å². The second kappa shape index (κ2) is 5.34. The summed E-state index contributed by atoms with van der Waals surface area (Å²) >= 11 is 0. The molecule has 1 atom stereocenters. The molecular formula is C15H24. The Hall–Kier alpha value is -0.780. The molecule has 1 aliphatic rings. The van der Waals surface area contributed by atoms with Crippen molar-refractivity contribution in [3.63, 3.8) is 0 Å². The van der Waals surface area contributed by atoms with Gasteiger partial charge in [-0.15, -0.1) is 0 Å². The highest BCUT2D eigenvalue weighted by molar-refractivity contribution is 5.24. The summed E-state index contributed by atoms with van der Waals surface area (Å²) < 4.78 is 0. The van der Waals surface area contributed by atoms with Gasteiger partial charge in [0.2, 0.25) is 0 Å². The van der Waals surface area contributed by atoms with Gasteiger partial charge in [0.25, 0.3) is 0 Å². The first-order chi connectivity index (χ1) is 7.08. The largest absolute Gasteiger partial charge is 0.0876 e. The SMILES string of the molecule is CC=C1CCCCC1(C)C=CC=C(C)C. The summed E-state index contributed by atoms with van der Waals surface area (Å²) in [6.45, 7) is 8.83. The summed E-state index contributed by atoms with van der Waals surface area (Å²) in [5, 5.41) is 0. The van der Waals surface area contributed by atoms with Crippen molar-refractivity contribution in [3.05, 3.63) is 35.5 Å². The number of hydrogen-bond acceptors (Lipinski definition) is 0. The fourth-order valence-corrected chi connectivity index (χ4v) is 2.37. The van der Waals surface area contributed by atoms with Crippen LogP contribution in [0.25, 0.3) is 0 Å². The van der Waals surface area contributed by atoms with Crippen molar-refractivity contribution in [2.45, 2.75) is 53.4 Å². The van der Waals surface area contributed by atoms with Gasteiger partial charge in [-0.25, -0.2) is 0 Å². The van der Waals surface area contributed by atoms with Crippen molar-refractivity contribution in [1.29, 1.82) is 0 Å². The molecule has 0 bridgehead atoms. The molecule has 1 fully saturated rings. The Morgan fingerprint density at radius 2 is 2.00 bits per heavy atom. The lowest BCUT2D eigenvalue weighted by Gasteiger charge is -2.34. The minimum absolute atomic E-state index is 0.318. The lowest BCUT2D eigenvalue weighted by Crippen LogP contribution is -2.20. The lowest BCUT2D eigenvalue weighted by molar-refractivity contribution is 0.380. The van der Waals surface area contributed by atoms with Gasteiger partial charge >= 0.3 is 0 Å². The Kier molecular flexibility index (Phi) is 4.38. The van der Waals surface area contributed by atoms with E-state index in [0.29, 0.717) is 5.41 Å². The van der Waals surface area contributed by atoms with E-state index in [1.165, 1.54) is 31.3 Å². The van der Waals surface area contributed by atoms with Crippen LogP contribution in [-0.4, -0.2) is 0 Å². The maximum Gasteiger partial charge on any atom is 0.00654 e. The van der Waals surface area contributed by atoms with Crippen molar-refractivity contribution in [3.8, 4) is 0 Å². The smallest absolute Gasteiger partial charge is 0.00654 e. The first-order valence-electron chi connectivity index (χ1n) is 6.07.